The molecular weight excluding hydrogens is 424 g/mol. The minimum absolute atomic E-state index is 0.350. The molecule has 0 spiro atoms. The summed E-state index contributed by atoms with van der Waals surface area (Å²) in [6.07, 6.45) is 22.8. The highest BCUT2D eigenvalue weighted by Crippen LogP contribution is 2.49. The summed E-state index contributed by atoms with van der Waals surface area (Å²) >= 11 is 1.79. The molecule has 1 saturated heterocycles. The van der Waals surface area contributed by atoms with Crippen molar-refractivity contribution in [3.63, 3.8) is 0 Å². The molecule has 0 bridgehead atoms. The topological polar surface area (TPSA) is 33.4 Å². The van der Waals surface area contributed by atoms with Crippen molar-refractivity contribution in [2.24, 2.45) is 5.41 Å². The van der Waals surface area contributed by atoms with Gasteiger partial charge in [0.25, 0.3) is 0 Å². The molecule has 1 aromatic carbocycles. The van der Waals surface area contributed by atoms with Gasteiger partial charge >= 0.3 is 0 Å². The average Bonchev–Trinajstić information content (AvgIpc) is 3.23. The zero-order valence-electron chi connectivity index (χ0n) is 19.4. The van der Waals surface area contributed by atoms with E-state index in [1.165, 1.54) is 73.3 Å². The molecule has 2 aromatic heterocycles. The van der Waals surface area contributed by atoms with Crippen LogP contribution >= 0.6 is 11.8 Å². The lowest BCUT2D eigenvalue weighted by Crippen LogP contribution is -2.28. The fourth-order valence-corrected chi connectivity index (χ4v) is 6.07. The smallest absolute Gasteiger partial charge is 0.158 e. The van der Waals surface area contributed by atoms with Gasteiger partial charge < -0.3 is 4.90 Å². The standard InChI is InChI=1S/C28H32N4S/c1-33-25-6-4-5-23(15-25)26-18-30-32-19-24(17-29-27(26)32)22-9-7-21(8-10-22)16-28(11-12-28)20-31-13-2-3-14-31/h4,6-10,15,17-19,23H,2-3,5,11-14,16,20H2,1H3. The minimum Gasteiger partial charge on any atom is -0.303 e. The molecule has 3 aromatic rings. The second-order valence-corrected chi connectivity index (χ2v) is 11.0. The Labute approximate surface area is 200 Å². The van der Waals surface area contributed by atoms with Gasteiger partial charge in [0.1, 0.15) is 0 Å². The normalized spacial score (nSPS) is 22.1. The van der Waals surface area contributed by atoms with Gasteiger partial charge in [-0.05, 0) is 74.4 Å². The number of allylic oxidation sites excluding steroid dienone is 3. The molecule has 33 heavy (non-hydrogen) atoms. The third kappa shape index (κ3) is 4.41. The monoisotopic (exact) mass is 456 g/mol. The van der Waals surface area contributed by atoms with Crippen molar-refractivity contribution in [3.8, 4) is 11.1 Å². The van der Waals surface area contributed by atoms with Gasteiger partial charge in [-0.1, -0.05) is 42.5 Å². The summed E-state index contributed by atoms with van der Waals surface area (Å²) in [5.74, 6) is 0.350. The van der Waals surface area contributed by atoms with E-state index < -0.39 is 0 Å². The van der Waals surface area contributed by atoms with Crippen molar-refractivity contribution in [3.05, 3.63) is 77.1 Å². The molecule has 4 nitrogen and oxygen atoms in total. The van der Waals surface area contributed by atoms with Crippen LogP contribution in [0.1, 0.15) is 49.1 Å². The van der Waals surface area contributed by atoms with Crippen molar-refractivity contribution < 1.29 is 0 Å². The molecule has 3 aliphatic rings. The van der Waals surface area contributed by atoms with Crippen molar-refractivity contribution in [1.29, 1.82) is 0 Å². The maximum absolute atomic E-state index is 4.83. The van der Waals surface area contributed by atoms with Crippen LogP contribution < -0.4 is 0 Å². The van der Waals surface area contributed by atoms with E-state index in [-0.39, 0.29) is 0 Å². The van der Waals surface area contributed by atoms with Gasteiger partial charge in [-0.3, -0.25) is 0 Å². The van der Waals surface area contributed by atoms with Crippen molar-refractivity contribution >= 4 is 17.4 Å². The lowest BCUT2D eigenvalue weighted by atomic mass is 9.94. The lowest BCUT2D eigenvalue weighted by molar-refractivity contribution is 0.262. The highest BCUT2D eigenvalue weighted by molar-refractivity contribution is 8.02. The first-order valence-corrected chi connectivity index (χ1v) is 13.5. The van der Waals surface area contributed by atoms with Crippen LogP contribution in [0.25, 0.3) is 16.8 Å². The molecule has 1 atom stereocenters. The maximum atomic E-state index is 4.83. The van der Waals surface area contributed by atoms with Crippen molar-refractivity contribution in [2.75, 3.05) is 25.9 Å². The van der Waals surface area contributed by atoms with Crippen LogP contribution in [0, 0.1) is 5.41 Å². The third-order valence-electron chi connectivity index (χ3n) is 7.64. The quantitative estimate of drug-likeness (QED) is 0.430. The van der Waals surface area contributed by atoms with E-state index >= 15 is 0 Å². The van der Waals surface area contributed by atoms with E-state index in [4.69, 9.17) is 4.98 Å². The highest BCUT2D eigenvalue weighted by atomic mass is 32.2. The highest BCUT2D eigenvalue weighted by Gasteiger charge is 2.43. The Kier molecular flexibility index (Phi) is 5.63. The number of nitrogens with zero attached hydrogens (tertiary/aromatic N) is 4. The first-order valence-electron chi connectivity index (χ1n) is 12.3. The van der Waals surface area contributed by atoms with E-state index in [2.05, 4.69) is 64.9 Å². The summed E-state index contributed by atoms with van der Waals surface area (Å²) in [7, 11) is 0. The van der Waals surface area contributed by atoms with E-state index in [1.807, 2.05) is 16.9 Å². The summed E-state index contributed by atoms with van der Waals surface area (Å²) < 4.78 is 1.94. The van der Waals surface area contributed by atoms with Crippen LogP contribution in [0.15, 0.2) is 66.0 Å². The summed E-state index contributed by atoms with van der Waals surface area (Å²) in [5.41, 5.74) is 6.50. The second-order valence-electron chi connectivity index (χ2n) is 10.1. The molecule has 1 aliphatic heterocycles. The van der Waals surface area contributed by atoms with Gasteiger partial charge in [0.15, 0.2) is 5.65 Å². The predicted molar refractivity (Wildman–Crippen MR) is 138 cm³/mol. The average molecular weight is 457 g/mol. The van der Waals surface area contributed by atoms with E-state index in [0.717, 1.165) is 17.6 Å². The first kappa shape index (κ1) is 21.2. The number of rotatable bonds is 7. The van der Waals surface area contributed by atoms with Crippen LogP contribution in [-0.4, -0.2) is 45.4 Å². The number of thioether (sulfide) groups is 1. The minimum atomic E-state index is 0.350. The van der Waals surface area contributed by atoms with E-state index in [0.29, 0.717) is 11.3 Å². The molecule has 0 radical (unpaired) electrons. The molecule has 1 saturated carbocycles. The molecule has 170 valence electrons. The van der Waals surface area contributed by atoms with Gasteiger partial charge in [0, 0.05) is 40.9 Å². The molecule has 6 rings (SSSR count). The number of hydrogen-bond donors (Lipinski definition) is 0. The molecule has 0 N–H and O–H groups in total. The largest absolute Gasteiger partial charge is 0.303 e. The molecular formula is C28H32N4S. The summed E-state index contributed by atoms with van der Waals surface area (Å²) in [4.78, 5) is 8.83. The first-order chi connectivity index (χ1) is 16.2. The van der Waals surface area contributed by atoms with E-state index in [1.54, 1.807) is 11.8 Å². The Morgan fingerprint density at radius 1 is 1.06 bits per heavy atom. The Bertz CT molecular complexity index is 1200. The number of benzene rings is 1. The van der Waals surface area contributed by atoms with Crippen LogP contribution in [0.3, 0.4) is 0 Å². The molecule has 5 heteroatoms. The summed E-state index contributed by atoms with van der Waals surface area (Å²) in [6, 6.07) is 9.16. The Morgan fingerprint density at radius 3 is 2.64 bits per heavy atom. The summed E-state index contributed by atoms with van der Waals surface area (Å²) in [5, 5.41) is 4.64. The SMILES string of the molecule is CSC1=CC(c2cnn3cc(-c4ccc(CC5(CN6CCCC6)CC5)cc4)cnc23)CC=C1. The predicted octanol–water partition coefficient (Wildman–Crippen LogP) is 6.11. The van der Waals surface area contributed by atoms with Gasteiger partial charge in [-0.15, -0.1) is 11.8 Å². The van der Waals surface area contributed by atoms with Crippen LogP contribution in [-0.2, 0) is 6.42 Å². The number of likely N-dealkylation sites (tertiary alicyclic amines) is 1. The lowest BCUT2D eigenvalue weighted by Gasteiger charge is -2.23. The van der Waals surface area contributed by atoms with Crippen molar-refractivity contribution in [1.82, 2.24) is 19.5 Å². The van der Waals surface area contributed by atoms with Gasteiger partial charge in [0.05, 0.1) is 6.20 Å². The molecule has 1 unspecified atom stereocenters. The third-order valence-corrected chi connectivity index (χ3v) is 8.38. The van der Waals surface area contributed by atoms with Crippen LogP contribution in [0.2, 0.25) is 0 Å². The van der Waals surface area contributed by atoms with Crippen LogP contribution in [0.5, 0.6) is 0 Å². The Morgan fingerprint density at radius 2 is 1.88 bits per heavy atom. The summed E-state index contributed by atoms with van der Waals surface area (Å²) in [6.45, 7) is 3.90. The Balaban J connectivity index is 1.18. The zero-order valence-corrected chi connectivity index (χ0v) is 20.2. The number of aromatic nitrogens is 3. The fraction of sp³-hybridized carbons (Fsp3) is 0.429. The molecule has 0 amide bonds. The number of fused-ring (bicyclic) bond motifs is 1. The zero-order chi connectivity index (χ0) is 22.3. The maximum Gasteiger partial charge on any atom is 0.158 e. The van der Waals surface area contributed by atoms with Gasteiger partial charge in [-0.25, -0.2) is 9.50 Å². The number of hydrogen-bond acceptors (Lipinski definition) is 4. The molecule has 3 heterocycles. The van der Waals surface area contributed by atoms with Gasteiger partial charge in [0.2, 0.25) is 0 Å². The Hall–Kier alpha value is -2.37. The van der Waals surface area contributed by atoms with Crippen LogP contribution in [0.4, 0.5) is 0 Å². The fourth-order valence-electron chi connectivity index (χ4n) is 5.54. The van der Waals surface area contributed by atoms with E-state index in [9.17, 15) is 0 Å². The van der Waals surface area contributed by atoms with Gasteiger partial charge in [-0.2, -0.15) is 5.10 Å². The second kappa shape index (κ2) is 8.77. The molecule has 2 aliphatic carbocycles. The van der Waals surface area contributed by atoms with Crippen molar-refractivity contribution in [2.45, 2.75) is 44.4 Å². The molecule has 2 fully saturated rings.